The highest BCUT2D eigenvalue weighted by Gasteiger charge is 2.30. The Morgan fingerprint density at radius 2 is 1.58 bits per heavy atom. The van der Waals surface area contributed by atoms with Gasteiger partial charge in [0, 0.05) is 19.0 Å². The Balaban J connectivity index is 1.64. The topological polar surface area (TPSA) is 99.2 Å². The summed E-state index contributed by atoms with van der Waals surface area (Å²) in [7, 11) is 3.69. The molecule has 1 atom stereocenters. The van der Waals surface area contributed by atoms with Crippen LogP contribution in [0.4, 0.5) is 4.79 Å². The van der Waals surface area contributed by atoms with E-state index in [9.17, 15) is 19.5 Å². The molecule has 0 fully saturated rings. The Morgan fingerprint density at radius 3 is 2.09 bits per heavy atom. The zero-order chi connectivity index (χ0) is 24.0. The third-order valence-electron chi connectivity index (χ3n) is 5.80. The van der Waals surface area contributed by atoms with Crippen LogP contribution < -0.4 is 5.32 Å². The van der Waals surface area contributed by atoms with Crippen molar-refractivity contribution in [2.24, 2.45) is 0 Å². The molecule has 0 heterocycles. The van der Waals surface area contributed by atoms with E-state index in [1.807, 2.05) is 55.4 Å². The summed E-state index contributed by atoms with van der Waals surface area (Å²) in [6.07, 6.45) is -0.374. The average Bonchev–Trinajstić information content (AvgIpc) is 3.12. The van der Waals surface area contributed by atoms with Crippen molar-refractivity contribution >= 4 is 18.0 Å². The predicted octanol–water partition coefficient (Wildman–Crippen LogP) is 2.78. The fraction of sp³-hybridized carbons (Fsp3) is 0.400. The number of ether oxygens (including phenoxy) is 1. The van der Waals surface area contributed by atoms with Crippen LogP contribution in [0.15, 0.2) is 48.5 Å². The highest BCUT2D eigenvalue weighted by molar-refractivity contribution is 5.88. The van der Waals surface area contributed by atoms with E-state index in [0.717, 1.165) is 22.3 Å². The largest absolute Gasteiger partial charge is 0.480 e. The zero-order valence-corrected chi connectivity index (χ0v) is 19.3. The van der Waals surface area contributed by atoms with Crippen molar-refractivity contribution in [3.63, 3.8) is 0 Å². The summed E-state index contributed by atoms with van der Waals surface area (Å²) < 4.78 is 5.54. The van der Waals surface area contributed by atoms with Crippen LogP contribution in [0.2, 0.25) is 0 Å². The van der Waals surface area contributed by atoms with E-state index < -0.39 is 30.6 Å². The first-order valence-corrected chi connectivity index (χ1v) is 11.1. The van der Waals surface area contributed by atoms with Gasteiger partial charge in [0.25, 0.3) is 0 Å². The average molecular weight is 454 g/mol. The molecule has 2 aromatic rings. The summed E-state index contributed by atoms with van der Waals surface area (Å²) in [5, 5.41) is 11.8. The minimum Gasteiger partial charge on any atom is -0.480 e. The van der Waals surface area contributed by atoms with Crippen molar-refractivity contribution in [2.75, 3.05) is 40.3 Å². The van der Waals surface area contributed by atoms with Gasteiger partial charge in [0.1, 0.15) is 19.2 Å². The molecule has 0 radical (unpaired) electrons. The van der Waals surface area contributed by atoms with Gasteiger partial charge in [-0.15, -0.1) is 0 Å². The summed E-state index contributed by atoms with van der Waals surface area (Å²) in [5.74, 6) is -1.61. The summed E-state index contributed by atoms with van der Waals surface area (Å²) in [6.45, 7) is 2.25. The van der Waals surface area contributed by atoms with E-state index in [4.69, 9.17) is 4.74 Å². The van der Waals surface area contributed by atoms with Crippen molar-refractivity contribution in [2.45, 2.75) is 25.3 Å². The number of nitrogens with one attached hydrogen (secondary N) is 1. The molecular formula is C25H31N3O5. The molecule has 1 aliphatic carbocycles. The van der Waals surface area contributed by atoms with Crippen LogP contribution in [0.5, 0.6) is 0 Å². The van der Waals surface area contributed by atoms with Crippen molar-refractivity contribution < 1.29 is 24.2 Å². The van der Waals surface area contributed by atoms with Gasteiger partial charge < -0.3 is 25.0 Å². The van der Waals surface area contributed by atoms with Crippen LogP contribution in [0, 0.1) is 0 Å². The number of carbonyl (C=O) groups is 3. The molecule has 176 valence electrons. The number of aliphatic carboxylic acids is 1. The molecule has 0 saturated carbocycles. The number of rotatable bonds is 10. The molecule has 2 aromatic carbocycles. The first-order chi connectivity index (χ1) is 15.8. The molecule has 0 saturated heterocycles. The minimum atomic E-state index is -1.10. The second-order valence-electron chi connectivity index (χ2n) is 8.39. The van der Waals surface area contributed by atoms with Crippen LogP contribution >= 0.6 is 0 Å². The number of hydrogen-bond acceptors (Lipinski definition) is 5. The van der Waals surface area contributed by atoms with Crippen molar-refractivity contribution in [3.05, 3.63) is 59.7 Å². The van der Waals surface area contributed by atoms with Gasteiger partial charge in [-0.25, -0.2) is 4.79 Å². The third kappa shape index (κ3) is 5.90. The quantitative estimate of drug-likeness (QED) is 0.574. The molecule has 0 bridgehead atoms. The summed E-state index contributed by atoms with van der Waals surface area (Å²) in [5.41, 5.74) is 4.47. The number of carboxylic acid groups (broad SMARTS) is 1. The lowest BCUT2D eigenvalue weighted by molar-refractivity contribution is -0.145. The first-order valence-electron chi connectivity index (χ1n) is 11.1. The first kappa shape index (κ1) is 24.3. The van der Waals surface area contributed by atoms with Gasteiger partial charge in [0.15, 0.2) is 0 Å². The smallest absolute Gasteiger partial charge is 0.407 e. The molecule has 0 aliphatic heterocycles. The number of benzene rings is 2. The Hall–Kier alpha value is -3.39. The molecule has 8 heteroatoms. The van der Waals surface area contributed by atoms with Crippen molar-refractivity contribution in [3.8, 4) is 11.1 Å². The summed E-state index contributed by atoms with van der Waals surface area (Å²) in [6, 6.07) is 15.2. The normalized spacial score (nSPS) is 13.2. The van der Waals surface area contributed by atoms with Gasteiger partial charge in [-0.3, -0.25) is 9.59 Å². The maximum absolute atomic E-state index is 12.9. The van der Waals surface area contributed by atoms with Crippen molar-refractivity contribution in [1.82, 2.24) is 15.1 Å². The third-order valence-corrected chi connectivity index (χ3v) is 5.80. The predicted molar refractivity (Wildman–Crippen MR) is 125 cm³/mol. The van der Waals surface area contributed by atoms with Crippen LogP contribution in [-0.4, -0.2) is 79.3 Å². The SMILES string of the molecule is CC[C@@H](NC(=O)OCC1c2ccccc2-c2ccccc21)C(=O)N(CCN(C)C)CC(=O)O. The lowest BCUT2D eigenvalue weighted by Gasteiger charge is -2.27. The zero-order valence-electron chi connectivity index (χ0n) is 19.3. The van der Waals surface area contributed by atoms with Crippen molar-refractivity contribution in [1.29, 1.82) is 0 Å². The minimum absolute atomic E-state index is 0.0810. The van der Waals surface area contributed by atoms with Crippen LogP contribution in [0.1, 0.15) is 30.4 Å². The number of fused-ring (bicyclic) bond motifs is 3. The molecule has 3 rings (SSSR count). The molecule has 2 N–H and O–H groups in total. The van der Waals surface area contributed by atoms with Crippen LogP contribution in [0.3, 0.4) is 0 Å². The van der Waals surface area contributed by atoms with Gasteiger partial charge in [0.2, 0.25) is 5.91 Å². The molecule has 33 heavy (non-hydrogen) atoms. The van der Waals surface area contributed by atoms with Gasteiger partial charge in [-0.1, -0.05) is 55.5 Å². The van der Waals surface area contributed by atoms with Crippen LogP contribution in [-0.2, 0) is 14.3 Å². The Kier molecular flexibility index (Phi) is 8.06. The number of nitrogens with zero attached hydrogens (tertiary/aromatic N) is 2. The number of likely N-dealkylation sites (N-methyl/N-ethyl adjacent to an activating group) is 1. The number of carboxylic acids is 1. The van der Waals surface area contributed by atoms with E-state index in [-0.39, 0.29) is 19.1 Å². The lowest BCUT2D eigenvalue weighted by atomic mass is 9.98. The summed E-state index contributed by atoms with van der Waals surface area (Å²) in [4.78, 5) is 39.8. The summed E-state index contributed by atoms with van der Waals surface area (Å²) >= 11 is 0. The fourth-order valence-electron chi connectivity index (χ4n) is 4.09. The highest BCUT2D eigenvalue weighted by Crippen LogP contribution is 2.44. The van der Waals surface area contributed by atoms with E-state index in [0.29, 0.717) is 13.0 Å². The second kappa shape index (κ2) is 11.0. The maximum atomic E-state index is 12.9. The van der Waals surface area contributed by atoms with Crippen LogP contribution in [0.25, 0.3) is 11.1 Å². The molecule has 0 aromatic heterocycles. The standard InChI is InChI=1S/C25H31N3O5/c1-4-22(24(31)28(15-23(29)30)14-13-27(2)3)26-25(32)33-16-21-19-11-7-5-9-17(19)18-10-6-8-12-20(18)21/h5-12,21-22H,4,13-16H2,1-3H3,(H,26,32)(H,29,30)/t22-/m1/s1. The fourth-order valence-corrected chi connectivity index (χ4v) is 4.09. The lowest BCUT2D eigenvalue weighted by Crippen LogP contribution is -2.51. The molecule has 1 aliphatic rings. The highest BCUT2D eigenvalue weighted by atomic mass is 16.5. The number of hydrogen-bond donors (Lipinski definition) is 2. The molecule has 0 unspecified atom stereocenters. The van der Waals surface area contributed by atoms with Gasteiger partial charge >= 0.3 is 12.1 Å². The van der Waals surface area contributed by atoms with Gasteiger partial charge in [0.05, 0.1) is 0 Å². The Labute approximate surface area is 194 Å². The Morgan fingerprint density at radius 1 is 1.00 bits per heavy atom. The number of carbonyl (C=O) groups excluding carboxylic acids is 2. The van der Waals surface area contributed by atoms with E-state index in [2.05, 4.69) is 17.4 Å². The molecule has 0 spiro atoms. The monoisotopic (exact) mass is 453 g/mol. The van der Waals surface area contributed by atoms with Gasteiger partial charge in [-0.05, 0) is 42.8 Å². The maximum Gasteiger partial charge on any atom is 0.407 e. The molecular weight excluding hydrogens is 422 g/mol. The Bertz CT molecular complexity index is 962. The van der Waals surface area contributed by atoms with E-state index >= 15 is 0 Å². The molecule has 8 nitrogen and oxygen atoms in total. The number of alkyl carbamates (subject to hydrolysis) is 1. The second-order valence-corrected chi connectivity index (χ2v) is 8.39. The van der Waals surface area contributed by atoms with E-state index in [1.54, 1.807) is 6.92 Å². The molecule has 2 amide bonds. The van der Waals surface area contributed by atoms with E-state index in [1.165, 1.54) is 4.90 Å². The van der Waals surface area contributed by atoms with Gasteiger partial charge in [-0.2, -0.15) is 0 Å². The number of amides is 2.